The Morgan fingerprint density at radius 3 is 2.83 bits per heavy atom. The Kier molecular flexibility index (Phi) is 3.15. The molecule has 5 nitrogen and oxygen atoms in total. The van der Waals surface area contributed by atoms with Gasteiger partial charge in [-0.25, -0.2) is 9.78 Å². The summed E-state index contributed by atoms with van der Waals surface area (Å²) >= 11 is 0. The number of hydrogen-bond donors (Lipinski definition) is 2. The highest BCUT2D eigenvalue weighted by atomic mass is 16.5. The summed E-state index contributed by atoms with van der Waals surface area (Å²) in [4.78, 5) is 15.6. The van der Waals surface area contributed by atoms with Gasteiger partial charge in [0, 0.05) is 6.54 Å². The van der Waals surface area contributed by atoms with Gasteiger partial charge in [0.2, 0.25) is 0 Å². The zero-order valence-corrected chi connectivity index (χ0v) is 11.0. The number of aromatic nitrogens is 1. The van der Waals surface area contributed by atoms with Crippen molar-refractivity contribution in [2.24, 2.45) is 11.3 Å². The van der Waals surface area contributed by atoms with Gasteiger partial charge in [0.25, 0.3) is 0 Å². The largest absolute Gasteiger partial charge is 0.464 e. The summed E-state index contributed by atoms with van der Waals surface area (Å²) in [6.45, 7) is 5.30. The molecule has 1 saturated carbocycles. The lowest BCUT2D eigenvalue weighted by molar-refractivity contribution is 0.0594. The molecule has 1 aliphatic carbocycles. The SMILES string of the molecule is COC(=O)c1ccc(N)c(NCC2CC2(C)C)n1. The van der Waals surface area contributed by atoms with Gasteiger partial charge in [-0.3, -0.25) is 0 Å². The Balaban J connectivity index is 2.05. The van der Waals surface area contributed by atoms with Crippen LogP contribution in [0.3, 0.4) is 0 Å². The average Bonchev–Trinajstić information content (AvgIpc) is 2.95. The molecule has 1 fully saturated rings. The van der Waals surface area contributed by atoms with Gasteiger partial charge in [0.05, 0.1) is 12.8 Å². The molecule has 1 heterocycles. The Hall–Kier alpha value is -1.78. The number of hydrogen-bond acceptors (Lipinski definition) is 5. The van der Waals surface area contributed by atoms with Crippen LogP contribution in [-0.2, 0) is 4.74 Å². The molecule has 2 rings (SSSR count). The molecular formula is C13H19N3O2. The summed E-state index contributed by atoms with van der Waals surface area (Å²) in [5, 5.41) is 3.21. The number of rotatable bonds is 4. The molecule has 0 saturated heterocycles. The number of carbonyl (C=O) groups excluding carboxylic acids is 1. The van der Waals surface area contributed by atoms with Crippen LogP contribution in [0.25, 0.3) is 0 Å². The van der Waals surface area contributed by atoms with Gasteiger partial charge in [0.1, 0.15) is 5.82 Å². The predicted molar refractivity (Wildman–Crippen MR) is 70.4 cm³/mol. The van der Waals surface area contributed by atoms with E-state index in [9.17, 15) is 4.79 Å². The number of nitrogen functional groups attached to an aromatic ring is 1. The van der Waals surface area contributed by atoms with Crippen LogP contribution in [0.1, 0.15) is 30.8 Å². The second-order valence-electron chi connectivity index (χ2n) is 5.40. The molecule has 98 valence electrons. The number of esters is 1. The zero-order valence-electron chi connectivity index (χ0n) is 11.0. The third kappa shape index (κ3) is 2.55. The van der Waals surface area contributed by atoms with Gasteiger partial charge in [-0.1, -0.05) is 13.8 Å². The van der Waals surface area contributed by atoms with E-state index in [1.165, 1.54) is 13.5 Å². The highest BCUT2D eigenvalue weighted by molar-refractivity contribution is 5.88. The first-order valence-electron chi connectivity index (χ1n) is 6.03. The maximum Gasteiger partial charge on any atom is 0.356 e. The van der Waals surface area contributed by atoms with Gasteiger partial charge >= 0.3 is 5.97 Å². The number of ether oxygens (including phenoxy) is 1. The molecule has 0 bridgehead atoms. The second-order valence-corrected chi connectivity index (χ2v) is 5.40. The highest BCUT2D eigenvalue weighted by Crippen LogP contribution is 2.51. The monoisotopic (exact) mass is 249 g/mol. The van der Waals surface area contributed by atoms with E-state index >= 15 is 0 Å². The van der Waals surface area contributed by atoms with Gasteiger partial charge in [-0.15, -0.1) is 0 Å². The molecule has 3 N–H and O–H groups in total. The fourth-order valence-corrected chi connectivity index (χ4v) is 1.97. The van der Waals surface area contributed by atoms with E-state index in [1.54, 1.807) is 12.1 Å². The van der Waals surface area contributed by atoms with E-state index in [-0.39, 0.29) is 5.69 Å². The lowest BCUT2D eigenvalue weighted by Gasteiger charge is -2.10. The van der Waals surface area contributed by atoms with E-state index < -0.39 is 5.97 Å². The molecule has 1 atom stereocenters. The van der Waals surface area contributed by atoms with Crippen LogP contribution in [0.5, 0.6) is 0 Å². The van der Waals surface area contributed by atoms with Gasteiger partial charge in [0.15, 0.2) is 5.69 Å². The van der Waals surface area contributed by atoms with Gasteiger partial charge in [-0.2, -0.15) is 0 Å². The molecule has 5 heteroatoms. The van der Waals surface area contributed by atoms with Crippen LogP contribution in [-0.4, -0.2) is 24.6 Å². The predicted octanol–water partition coefficient (Wildman–Crippen LogP) is 1.91. The van der Waals surface area contributed by atoms with E-state index in [2.05, 4.69) is 28.9 Å². The maximum atomic E-state index is 11.4. The Morgan fingerprint density at radius 2 is 2.28 bits per heavy atom. The van der Waals surface area contributed by atoms with Crippen molar-refractivity contribution in [1.29, 1.82) is 0 Å². The quantitative estimate of drug-likeness (QED) is 0.797. The lowest BCUT2D eigenvalue weighted by Crippen LogP contribution is -2.13. The van der Waals surface area contributed by atoms with Gasteiger partial charge in [-0.05, 0) is 29.9 Å². The second kappa shape index (κ2) is 4.48. The minimum atomic E-state index is -0.454. The highest BCUT2D eigenvalue weighted by Gasteiger charge is 2.45. The summed E-state index contributed by atoms with van der Waals surface area (Å²) in [5.74, 6) is 0.742. The normalized spacial score (nSPS) is 20.3. The number of methoxy groups -OCH3 is 1. The Bertz CT molecular complexity index is 471. The summed E-state index contributed by atoms with van der Waals surface area (Å²) < 4.78 is 4.63. The molecule has 0 aromatic carbocycles. The molecule has 18 heavy (non-hydrogen) atoms. The number of anilines is 2. The number of carbonyl (C=O) groups is 1. The smallest absolute Gasteiger partial charge is 0.356 e. The molecule has 1 aliphatic rings. The van der Waals surface area contributed by atoms with Crippen LogP contribution < -0.4 is 11.1 Å². The first kappa shape index (κ1) is 12.7. The molecule has 0 spiro atoms. The van der Waals surface area contributed by atoms with Crippen molar-refractivity contribution in [3.63, 3.8) is 0 Å². The lowest BCUT2D eigenvalue weighted by atomic mass is 10.1. The summed E-state index contributed by atoms with van der Waals surface area (Å²) in [5.41, 5.74) is 7.04. The minimum absolute atomic E-state index is 0.268. The fourth-order valence-electron chi connectivity index (χ4n) is 1.97. The third-order valence-electron chi connectivity index (χ3n) is 3.55. The average molecular weight is 249 g/mol. The van der Waals surface area contributed by atoms with Crippen molar-refractivity contribution < 1.29 is 9.53 Å². The molecule has 0 aliphatic heterocycles. The third-order valence-corrected chi connectivity index (χ3v) is 3.55. The van der Waals surface area contributed by atoms with Crippen LogP contribution in [0.2, 0.25) is 0 Å². The summed E-state index contributed by atoms with van der Waals surface area (Å²) in [6.07, 6.45) is 1.20. The standard InChI is InChI=1S/C13H19N3O2/c1-13(2)6-8(13)7-15-11-9(14)4-5-10(16-11)12(17)18-3/h4-5,8H,6-7,14H2,1-3H3,(H,15,16). The van der Waals surface area contributed by atoms with E-state index in [4.69, 9.17) is 5.73 Å². The first-order chi connectivity index (χ1) is 8.44. The molecule has 0 radical (unpaired) electrons. The molecule has 1 aromatic rings. The number of nitrogens with two attached hydrogens (primary N) is 1. The molecular weight excluding hydrogens is 230 g/mol. The maximum absolute atomic E-state index is 11.4. The van der Waals surface area contributed by atoms with E-state index in [0.29, 0.717) is 22.8 Å². The number of nitrogens with zero attached hydrogens (tertiary/aromatic N) is 1. The van der Waals surface area contributed by atoms with Gasteiger partial charge < -0.3 is 15.8 Å². The molecule has 0 amide bonds. The van der Waals surface area contributed by atoms with Crippen LogP contribution in [0.15, 0.2) is 12.1 Å². The molecule has 1 unspecified atom stereocenters. The van der Waals surface area contributed by atoms with E-state index in [1.807, 2.05) is 0 Å². The zero-order chi connectivity index (χ0) is 13.3. The van der Waals surface area contributed by atoms with Crippen molar-refractivity contribution >= 4 is 17.5 Å². The van der Waals surface area contributed by atoms with Crippen LogP contribution >= 0.6 is 0 Å². The summed E-state index contributed by atoms with van der Waals surface area (Å²) in [7, 11) is 1.33. The first-order valence-corrected chi connectivity index (χ1v) is 6.03. The van der Waals surface area contributed by atoms with E-state index in [0.717, 1.165) is 6.54 Å². The Morgan fingerprint density at radius 1 is 1.61 bits per heavy atom. The number of nitrogens with one attached hydrogen (secondary N) is 1. The number of pyridine rings is 1. The fraction of sp³-hybridized carbons (Fsp3) is 0.538. The Labute approximate surface area is 107 Å². The van der Waals surface area contributed by atoms with Crippen molar-refractivity contribution in [3.05, 3.63) is 17.8 Å². The van der Waals surface area contributed by atoms with Crippen molar-refractivity contribution in [3.8, 4) is 0 Å². The topological polar surface area (TPSA) is 77.2 Å². The molecule has 1 aromatic heterocycles. The minimum Gasteiger partial charge on any atom is -0.464 e. The van der Waals surface area contributed by atoms with Crippen LogP contribution in [0.4, 0.5) is 11.5 Å². The van der Waals surface area contributed by atoms with Crippen molar-refractivity contribution in [1.82, 2.24) is 4.98 Å². The van der Waals surface area contributed by atoms with Crippen molar-refractivity contribution in [2.75, 3.05) is 24.7 Å². The summed E-state index contributed by atoms with van der Waals surface area (Å²) in [6, 6.07) is 3.23. The van der Waals surface area contributed by atoms with Crippen molar-refractivity contribution in [2.45, 2.75) is 20.3 Å². The van der Waals surface area contributed by atoms with Crippen LogP contribution in [0, 0.1) is 11.3 Å².